The molecule has 53 heavy (non-hydrogen) atoms. The monoisotopic (exact) mass is 680 g/mol. The second-order valence-corrected chi connectivity index (χ2v) is 13.2. The van der Waals surface area contributed by atoms with Gasteiger partial charge in [-0.25, -0.2) is 4.98 Å². The maximum absolute atomic E-state index is 6.56. The Kier molecular flexibility index (Phi) is 7.43. The average molecular weight is 681 g/mol. The Morgan fingerprint density at radius 3 is 1.57 bits per heavy atom. The van der Waals surface area contributed by atoms with E-state index in [0.717, 1.165) is 66.8 Å². The van der Waals surface area contributed by atoms with Gasteiger partial charge in [0.1, 0.15) is 16.7 Å². The van der Waals surface area contributed by atoms with Gasteiger partial charge in [0.25, 0.3) is 0 Å². The number of aromatic nitrogens is 1. The molecule has 0 spiro atoms. The second-order valence-electron chi connectivity index (χ2n) is 13.2. The highest BCUT2D eigenvalue weighted by molar-refractivity contribution is 6.10. The SMILES string of the molecule is c1ccc(-c2ccc(-c3ccc(N(c4ccc5c(c4)oc4cc6oc(-c7ccccc7)nc6cc45)c4ccccc4-c4ccccc4)cc3)cc2)cc1. The molecule has 4 heteroatoms. The van der Waals surface area contributed by atoms with Crippen LogP contribution in [0.4, 0.5) is 17.1 Å². The van der Waals surface area contributed by atoms with E-state index in [-0.39, 0.29) is 0 Å². The number of benzene rings is 8. The second kappa shape index (κ2) is 12.9. The van der Waals surface area contributed by atoms with Gasteiger partial charge in [-0.1, -0.05) is 133 Å². The third kappa shape index (κ3) is 5.63. The molecule has 0 aliphatic carbocycles. The van der Waals surface area contributed by atoms with Crippen molar-refractivity contribution in [3.63, 3.8) is 0 Å². The minimum Gasteiger partial charge on any atom is -0.456 e. The Bertz CT molecular complexity index is 2860. The molecule has 0 atom stereocenters. The van der Waals surface area contributed by atoms with Gasteiger partial charge in [0.2, 0.25) is 5.89 Å². The lowest BCUT2D eigenvalue weighted by molar-refractivity contribution is 0.617. The first-order valence-corrected chi connectivity index (χ1v) is 17.8. The molecule has 0 bridgehead atoms. The Morgan fingerprint density at radius 1 is 0.358 bits per heavy atom. The van der Waals surface area contributed by atoms with Crippen LogP contribution in [0.3, 0.4) is 0 Å². The first-order chi connectivity index (χ1) is 26.2. The summed E-state index contributed by atoms with van der Waals surface area (Å²) >= 11 is 0. The fourth-order valence-electron chi connectivity index (χ4n) is 7.28. The van der Waals surface area contributed by atoms with Crippen molar-refractivity contribution in [2.45, 2.75) is 0 Å². The first kappa shape index (κ1) is 30.6. The van der Waals surface area contributed by atoms with Crippen LogP contribution in [-0.4, -0.2) is 4.98 Å². The summed E-state index contributed by atoms with van der Waals surface area (Å²) in [7, 11) is 0. The molecule has 8 aromatic carbocycles. The third-order valence-electron chi connectivity index (χ3n) is 9.92. The molecule has 10 aromatic rings. The summed E-state index contributed by atoms with van der Waals surface area (Å²) in [6, 6.07) is 67.7. The van der Waals surface area contributed by atoms with Crippen LogP contribution in [0.5, 0.6) is 0 Å². The number of hydrogen-bond acceptors (Lipinski definition) is 4. The summed E-state index contributed by atoms with van der Waals surface area (Å²) in [5, 5.41) is 2.03. The van der Waals surface area contributed by atoms with E-state index in [1.165, 1.54) is 16.7 Å². The number of rotatable bonds is 7. The number of nitrogens with zero attached hydrogens (tertiary/aromatic N) is 2. The third-order valence-corrected chi connectivity index (χ3v) is 9.92. The van der Waals surface area contributed by atoms with Crippen molar-refractivity contribution in [3.05, 3.63) is 194 Å². The van der Waals surface area contributed by atoms with Crippen LogP contribution in [0.15, 0.2) is 203 Å². The normalized spacial score (nSPS) is 11.4. The smallest absolute Gasteiger partial charge is 0.227 e. The van der Waals surface area contributed by atoms with Gasteiger partial charge in [0, 0.05) is 45.4 Å². The Balaban J connectivity index is 1.06. The first-order valence-electron chi connectivity index (χ1n) is 17.8. The van der Waals surface area contributed by atoms with Gasteiger partial charge in [-0.05, 0) is 76.3 Å². The van der Waals surface area contributed by atoms with E-state index in [1.807, 2.05) is 42.5 Å². The zero-order valence-corrected chi connectivity index (χ0v) is 28.7. The zero-order valence-electron chi connectivity index (χ0n) is 28.7. The van der Waals surface area contributed by atoms with Crippen LogP contribution >= 0.6 is 0 Å². The van der Waals surface area contributed by atoms with Gasteiger partial charge in [0.05, 0.1) is 5.69 Å². The molecule has 0 amide bonds. The summed E-state index contributed by atoms with van der Waals surface area (Å²) in [6.45, 7) is 0. The van der Waals surface area contributed by atoms with Crippen LogP contribution in [-0.2, 0) is 0 Å². The molecule has 0 saturated heterocycles. The minimum atomic E-state index is 0.600. The number of oxazole rings is 1. The molecule has 4 nitrogen and oxygen atoms in total. The maximum atomic E-state index is 6.56. The molecule has 0 aliphatic rings. The van der Waals surface area contributed by atoms with Gasteiger partial charge >= 0.3 is 0 Å². The van der Waals surface area contributed by atoms with Crippen LogP contribution in [0.25, 0.3) is 77.9 Å². The molecular weight excluding hydrogens is 649 g/mol. The van der Waals surface area contributed by atoms with Gasteiger partial charge < -0.3 is 13.7 Å². The lowest BCUT2D eigenvalue weighted by atomic mass is 9.99. The topological polar surface area (TPSA) is 42.4 Å². The summed E-state index contributed by atoms with van der Waals surface area (Å²) in [4.78, 5) is 7.13. The predicted molar refractivity (Wildman–Crippen MR) is 218 cm³/mol. The van der Waals surface area contributed by atoms with Gasteiger partial charge in [-0.3, -0.25) is 0 Å². The van der Waals surface area contributed by atoms with E-state index >= 15 is 0 Å². The highest BCUT2D eigenvalue weighted by Crippen LogP contribution is 2.43. The highest BCUT2D eigenvalue weighted by atomic mass is 16.4. The largest absolute Gasteiger partial charge is 0.456 e. The summed E-state index contributed by atoms with van der Waals surface area (Å²) in [5.74, 6) is 0.600. The molecule has 0 N–H and O–H groups in total. The predicted octanol–water partition coefficient (Wildman–Crippen LogP) is 13.9. The van der Waals surface area contributed by atoms with Crippen molar-refractivity contribution in [2.24, 2.45) is 0 Å². The van der Waals surface area contributed by atoms with Crippen LogP contribution in [0, 0.1) is 0 Å². The van der Waals surface area contributed by atoms with E-state index in [0.29, 0.717) is 11.5 Å². The Labute approximate surface area is 306 Å². The molecule has 2 heterocycles. The lowest BCUT2D eigenvalue weighted by Crippen LogP contribution is -2.11. The Hall–Kier alpha value is -7.17. The molecule has 0 radical (unpaired) electrons. The van der Waals surface area contributed by atoms with E-state index < -0.39 is 0 Å². The van der Waals surface area contributed by atoms with Crippen molar-refractivity contribution < 1.29 is 8.83 Å². The Morgan fingerprint density at radius 2 is 0.887 bits per heavy atom. The van der Waals surface area contributed by atoms with Gasteiger partial charge in [0.15, 0.2) is 5.58 Å². The van der Waals surface area contributed by atoms with Gasteiger partial charge in [-0.2, -0.15) is 0 Å². The molecule has 250 valence electrons. The highest BCUT2D eigenvalue weighted by Gasteiger charge is 2.20. The van der Waals surface area contributed by atoms with Crippen LogP contribution in [0.2, 0.25) is 0 Å². The number of anilines is 3. The molecule has 0 unspecified atom stereocenters. The standard InChI is InChI=1S/C49H32N2O2/c1-4-12-33(13-5-1)34-20-22-35(23-21-34)36-24-26-39(27-25-36)51(45-19-11-10-18-41(45)37-14-6-2-7-15-37)40-28-29-42-43-31-44-48(32-47(43)52-46(42)30-40)53-49(50-44)38-16-8-3-9-17-38/h1-32H. The molecule has 0 fully saturated rings. The van der Waals surface area contributed by atoms with Crippen molar-refractivity contribution in [1.82, 2.24) is 4.98 Å². The van der Waals surface area contributed by atoms with Crippen LogP contribution in [0.1, 0.15) is 0 Å². The fraction of sp³-hybridized carbons (Fsp3) is 0. The van der Waals surface area contributed by atoms with Crippen molar-refractivity contribution in [3.8, 4) is 44.8 Å². The summed E-state index contributed by atoms with van der Waals surface area (Å²) in [5.41, 5.74) is 14.2. The zero-order chi connectivity index (χ0) is 35.1. The van der Waals surface area contributed by atoms with E-state index in [4.69, 9.17) is 13.8 Å². The molecule has 0 aliphatic heterocycles. The van der Waals surface area contributed by atoms with Crippen molar-refractivity contribution in [2.75, 3.05) is 4.90 Å². The maximum Gasteiger partial charge on any atom is 0.227 e. The lowest BCUT2D eigenvalue weighted by Gasteiger charge is -2.28. The summed E-state index contributed by atoms with van der Waals surface area (Å²) in [6.07, 6.45) is 0. The number of fused-ring (bicyclic) bond motifs is 4. The quantitative estimate of drug-likeness (QED) is 0.168. The molecule has 10 rings (SSSR count). The molecule has 2 aromatic heterocycles. The molecular formula is C49H32N2O2. The van der Waals surface area contributed by atoms with Crippen molar-refractivity contribution in [1.29, 1.82) is 0 Å². The van der Waals surface area contributed by atoms with E-state index in [1.54, 1.807) is 0 Å². The number of para-hydroxylation sites is 1. The van der Waals surface area contributed by atoms with E-state index in [9.17, 15) is 0 Å². The van der Waals surface area contributed by atoms with Gasteiger partial charge in [-0.15, -0.1) is 0 Å². The van der Waals surface area contributed by atoms with Crippen LogP contribution < -0.4 is 4.90 Å². The average Bonchev–Trinajstić information content (AvgIpc) is 3.82. The van der Waals surface area contributed by atoms with Crippen molar-refractivity contribution >= 4 is 50.1 Å². The fourth-order valence-corrected chi connectivity index (χ4v) is 7.28. The number of furan rings is 1. The minimum absolute atomic E-state index is 0.600. The number of hydrogen-bond donors (Lipinski definition) is 0. The summed E-state index contributed by atoms with van der Waals surface area (Å²) < 4.78 is 12.7. The van der Waals surface area contributed by atoms with E-state index in [2.05, 4.69) is 157 Å². The molecule has 0 saturated carbocycles.